The van der Waals surface area contributed by atoms with Crippen LogP contribution in [0, 0.1) is 5.92 Å². The van der Waals surface area contributed by atoms with E-state index in [4.69, 9.17) is 21.2 Å². The number of benzene rings is 3. The van der Waals surface area contributed by atoms with Crippen LogP contribution in [0.5, 0.6) is 5.75 Å². The van der Waals surface area contributed by atoms with Crippen molar-refractivity contribution < 1.29 is 19.2 Å². The highest BCUT2D eigenvalue weighted by atomic mass is 35.5. The number of ether oxygens (including phenoxy) is 1. The molecule has 32 heavy (non-hydrogen) atoms. The van der Waals surface area contributed by atoms with Gasteiger partial charge in [0.25, 0.3) is 5.91 Å². The van der Waals surface area contributed by atoms with Gasteiger partial charge in [-0.05, 0) is 48.9 Å². The van der Waals surface area contributed by atoms with Crippen molar-refractivity contribution in [1.29, 1.82) is 0 Å². The fourth-order valence-electron chi connectivity index (χ4n) is 4.35. The second-order valence-electron chi connectivity index (χ2n) is 7.62. The zero-order valence-corrected chi connectivity index (χ0v) is 18.1. The molecule has 2 amide bonds. The summed E-state index contributed by atoms with van der Waals surface area (Å²) >= 11 is 6.31. The number of anilines is 2. The Morgan fingerprint density at radius 1 is 0.906 bits per heavy atom. The average Bonchev–Trinajstić information content (AvgIpc) is 3.32. The fourth-order valence-corrected chi connectivity index (χ4v) is 4.57. The van der Waals surface area contributed by atoms with Crippen molar-refractivity contribution in [1.82, 2.24) is 0 Å². The summed E-state index contributed by atoms with van der Waals surface area (Å²) in [5, 5.41) is 2.01. The van der Waals surface area contributed by atoms with Gasteiger partial charge >= 0.3 is 0 Å². The van der Waals surface area contributed by atoms with Crippen LogP contribution < -0.4 is 14.7 Å². The molecule has 2 aliphatic heterocycles. The number of rotatable bonds is 5. The quantitative estimate of drug-likeness (QED) is 0.525. The van der Waals surface area contributed by atoms with E-state index in [1.165, 1.54) is 0 Å². The Labute approximate surface area is 190 Å². The van der Waals surface area contributed by atoms with Crippen molar-refractivity contribution >= 4 is 34.8 Å². The maximum absolute atomic E-state index is 13.6. The minimum atomic E-state index is -0.935. The Morgan fingerprint density at radius 2 is 1.59 bits per heavy atom. The van der Waals surface area contributed by atoms with E-state index in [1.807, 2.05) is 61.5 Å². The molecule has 0 aliphatic carbocycles. The molecule has 3 atom stereocenters. The zero-order chi connectivity index (χ0) is 22.2. The maximum Gasteiger partial charge on any atom is 0.266 e. The number of imide groups is 1. The second kappa shape index (κ2) is 8.30. The predicted octanol–water partition coefficient (Wildman–Crippen LogP) is 4.79. The number of fused-ring (bicyclic) bond motifs is 1. The Balaban J connectivity index is 1.57. The van der Waals surface area contributed by atoms with Crippen molar-refractivity contribution in [3.8, 4) is 5.75 Å². The van der Waals surface area contributed by atoms with Crippen molar-refractivity contribution in [2.45, 2.75) is 19.1 Å². The summed E-state index contributed by atoms with van der Waals surface area (Å²) in [6.45, 7) is 2.49. The summed E-state index contributed by atoms with van der Waals surface area (Å²) in [6, 6.07) is 23.4. The number of amides is 2. The molecular weight excluding hydrogens is 428 g/mol. The highest BCUT2D eigenvalue weighted by Crippen LogP contribution is 2.48. The lowest BCUT2D eigenvalue weighted by atomic mass is 9.90. The highest BCUT2D eigenvalue weighted by Gasteiger charge is 2.60. The molecule has 0 saturated carbocycles. The van der Waals surface area contributed by atoms with Crippen LogP contribution in [-0.4, -0.2) is 24.5 Å². The average molecular weight is 449 g/mol. The van der Waals surface area contributed by atoms with Gasteiger partial charge in [0, 0.05) is 0 Å². The first-order valence-corrected chi connectivity index (χ1v) is 10.8. The fraction of sp³-hybridized carbons (Fsp3) is 0.200. The van der Waals surface area contributed by atoms with E-state index >= 15 is 0 Å². The summed E-state index contributed by atoms with van der Waals surface area (Å²) in [4.78, 5) is 34.2. The van der Waals surface area contributed by atoms with Crippen LogP contribution in [0.3, 0.4) is 0 Å². The first kappa shape index (κ1) is 20.5. The monoisotopic (exact) mass is 448 g/mol. The highest BCUT2D eigenvalue weighted by molar-refractivity contribution is 6.36. The standard InChI is InChI=1S/C25H21ClN2O4/c1-2-31-18-14-12-16(13-15-18)22-21-23(32-28(22)17-8-4-3-5-9-17)25(30)27(24(21)29)20-11-7-6-10-19(20)26/h3-15,21-23H,2H2,1H3/t21-,22-,23+/m1/s1. The van der Waals surface area contributed by atoms with Crippen LogP contribution in [0.2, 0.25) is 5.02 Å². The van der Waals surface area contributed by atoms with Crippen molar-refractivity contribution in [3.05, 3.63) is 89.4 Å². The minimum Gasteiger partial charge on any atom is -0.494 e. The Bertz CT molecular complexity index is 1150. The first-order valence-electron chi connectivity index (χ1n) is 10.5. The molecule has 0 N–H and O–H groups in total. The largest absolute Gasteiger partial charge is 0.494 e. The Morgan fingerprint density at radius 3 is 2.28 bits per heavy atom. The molecule has 2 aliphatic rings. The molecule has 5 rings (SSSR count). The van der Waals surface area contributed by atoms with Crippen LogP contribution >= 0.6 is 11.6 Å². The summed E-state index contributed by atoms with van der Waals surface area (Å²) in [5.41, 5.74) is 2.00. The van der Waals surface area contributed by atoms with E-state index < -0.39 is 24.0 Å². The van der Waals surface area contributed by atoms with Gasteiger partial charge in [0.05, 0.1) is 29.0 Å². The number of para-hydroxylation sites is 2. The van der Waals surface area contributed by atoms with E-state index in [9.17, 15) is 9.59 Å². The van der Waals surface area contributed by atoms with Gasteiger partial charge in [0.15, 0.2) is 6.10 Å². The molecule has 0 radical (unpaired) electrons. The topological polar surface area (TPSA) is 59.1 Å². The number of hydrogen-bond donors (Lipinski definition) is 0. The number of carbonyl (C=O) groups is 2. The molecule has 162 valence electrons. The van der Waals surface area contributed by atoms with Gasteiger partial charge in [-0.2, -0.15) is 0 Å². The van der Waals surface area contributed by atoms with Crippen LogP contribution in [0.15, 0.2) is 78.9 Å². The third-order valence-corrected chi connectivity index (χ3v) is 6.07. The van der Waals surface area contributed by atoms with E-state index in [1.54, 1.807) is 29.3 Å². The molecule has 7 heteroatoms. The summed E-state index contributed by atoms with van der Waals surface area (Å²) in [5.74, 6) is -0.714. The minimum absolute atomic E-state index is 0.328. The third-order valence-electron chi connectivity index (χ3n) is 5.75. The molecule has 0 aromatic heterocycles. The van der Waals surface area contributed by atoms with E-state index in [0.29, 0.717) is 17.3 Å². The van der Waals surface area contributed by atoms with Gasteiger partial charge in [0.2, 0.25) is 5.91 Å². The Kier molecular flexibility index (Phi) is 5.33. The van der Waals surface area contributed by atoms with Crippen LogP contribution in [0.1, 0.15) is 18.5 Å². The molecule has 2 saturated heterocycles. The van der Waals surface area contributed by atoms with Crippen molar-refractivity contribution in [3.63, 3.8) is 0 Å². The molecule has 6 nitrogen and oxygen atoms in total. The molecule has 0 spiro atoms. The molecular formula is C25H21ClN2O4. The van der Waals surface area contributed by atoms with Crippen LogP contribution in [0.4, 0.5) is 11.4 Å². The molecule has 2 heterocycles. The second-order valence-corrected chi connectivity index (χ2v) is 8.03. The lowest BCUT2D eigenvalue weighted by Gasteiger charge is -2.29. The number of hydroxylamine groups is 1. The molecule has 0 unspecified atom stereocenters. The van der Waals surface area contributed by atoms with Crippen LogP contribution in [-0.2, 0) is 14.4 Å². The smallest absolute Gasteiger partial charge is 0.266 e. The van der Waals surface area contributed by atoms with E-state index in [2.05, 4.69) is 0 Å². The first-order chi connectivity index (χ1) is 15.6. The van der Waals surface area contributed by atoms with E-state index in [-0.39, 0.29) is 5.91 Å². The summed E-state index contributed by atoms with van der Waals surface area (Å²) < 4.78 is 5.56. The lowest BCUT2D eigenvalue weighted by molar-refractivity contribution is -0.126. The zero-order valence-electron chi connectivity index (χ0n) is 17.4. The van der Waals surface area contributed by atoms with E-state index in [0.717, 1.165) is 21.9 Å². The number of nitrogens with zero attached hydrogens (tertiary/aromatic N) is 2. The molecule has 0 bridgehead atoms. The molecule has 3 aromatic rings. The van der Waals surface area contributed by atoms with Gasteiger partial charge in [-0.25, -0.2) is 9.96 Å². The van der Waals surface area contributed by atoms with Gasteiger partial charge in [-0.3, -0.25) is 14.4 Å². The van der Waals surface area contributed by atoms with Crippen molar-refractivity contribution in [2.24, 2.45) is 5.92 Å². The van der Waals surface area contributed by atoms with Gasteiger partial charge in [-0.15, -0.1) is 0 Å². The van der Waals surface area contributed by atoms with Gasteiger partial charge in [0.1, 0.15) is 11.7 Å². The van der Waals surface area contributed by atoms with Crippen LogP contribution in [0.25, 0.3) is 0 Å². The van der Waals surface area contributed by atoms with Gasteiger partial charge < -0.3 is 4.74 Å². The SMILES string of the molecule is CCOc1ccc([C@@H]2[C@H]3C(=O)N(c4ccccc4Cl)C(=O)[C@H]3ON2c2ccccc2)cc1. The molecule has 3 aromatic carbocycles. The predicted molar refractivity (Wildman–Crippen MR) is 122 cm³/mol. The normalized spacial score (nSPS) is 22.4. The van der Waals surface area contributed by atoms with Gasteiger partial charge in [-0.1, -0.05) is 54.1 Å². The summed E-state index contributed by atoms with van der Waals surface area (Å²) in [6.07, 6.45) is -0.935. The number of hydrogen-bond acceptors (Lipinski definition) is 5. The third kappa shape index (κ3) is 3.32. The van der Waals surface area contributed by atoms with Crippen molar-refractivity contribution in [2.75, 3.05) is 16.6 Å². The number of halogens is 1. The number of carbonyl (C=O) groups excluding carboxylic acids is 2. The lowest BCUT2D eigenvalue weighted by Crippen LogP contribution is -2.37. The summed E-state index contributed by atoms with van der Waals surface area (Å²) in [7, 11) is 0. The maximum atomic E-state index is 13.6. The molecule has 2 fully saturated rings. The Hall–Kier alpha value is -3.35.